The summed E-state index contributed by atoms with van der Waals surface area (Å²) in [5.74, 6) is 1.11. The average molecular weight is 1930 g/mol. The Hall–Kier alpha value is -7.78. The third kappa shape index (κ3) is 17.6. The molecule has 0 saturated heterocycles. The van der Waals surface area contributed by atoms with E-state index in [4.69, 9.17) is 0 Å². The van der Waals surface area contributed by atoms with Gasteiger partial charge in [0.05, 0.1) is 23.3 Å². The topological polar surface area (TPSA) is 123 Å². The molecular formula is C63H44F10Ir4N12-4. The number of benzene rings is 8. The molecule has 12 rings (SSSR count). The first-order valence-corrected chi connectivity index (χ1v) is 25.5. The zero-order valence-electron chi connectivity index (χ0n) is 46.7. The number of para-hydroxylation sites is 4. The predicted molar refractivity (Wildman–Crippen MR) is 296 cm³/mol. The predicted octanol–water partition coefficient (Wildman–Crippen LogP) is 15.1. The molecule has 26 heteroatoms. The van der Waals surface area contributed by atoms with Gasteiger partial charge in [0.25, 0.3) is 0 Å². The summed E-state index contributed by atoms with van der Waals surface area (Å²) in [6.45, 7) is 8.70. The summed E-state index contributed by atoms with van der Waals surface area (Å²) in [6, 6.07) is 57.3. The summed E-state index contributed by atoms with van der Waals surface area (Å²) in [7, 11) is 0. The number of hydrogen-bond donors (Lipinski definition) is 0. The SMILES string of the molecule is Cc1cc(-c2nnc(C)n2-c2ccccc2)[c-]c(C(F)(F)F)c1.Cc1nnc(-c2[c-]c(F)cc(F)c2)n1-c1ccccc1.Cc1nnc(-c2[c-]cc(C(F)(F)F)cc2)n1-c1ccccc1.Cc1nnc(-c2[c-]cc(F)cc2F)n1-c1ccccc1.[Ir].[Ir].[Ir].[Ir]. The van der Waals surface area contributed by atoms with Crippen LogP contribution in [0.5, 0.6) is 0 Å². The maximum Gasteiger partial charge on any atom is 0.399 e. The fraction of sp³-hybridized carbons (Fsp3) is 0.111. The molecule has 89 heavy (non-hydrogen) atoms. The number of hydrogen-bond acceptors (Lipinski definition) is 8. The summed E-state index contributed by atoms with van der Waals surface area (Å²) in [4.78, 5) is 0. The van der Waals surface area contributed by atoms with Crippen molar-refractivity contribution < 1.29 is 124 Å². The molecule has 4 radical (unpaired) electrons. The van der Waals surface area contributed by atoms with Gasteiger partial charge in [-0.2, -0.15) is 46.7 Å². The summed E-state index contributed by atoms with van der Waals surface area (Å²) >= 11 is 0. The molecule has 0 aliphatic heterocycles. The summed E-state index contributed by atoms with van der Waals surface area (Å²) in [6.07, 6.45) is -8.83. The Morgan fingerprint density at radius 1 is 0.360 bits per heavy atom. The molecule has 12 aromatic rings. The standard InChI is InChI=1S/C17H13F3N3.C16H11F3N3.2C15H10F2N3.4Ir/c1-11-8-13(10-14(9-11)17(18,19)20)16-22-21-12(2)23(16)15-6-4-3-5-7-15;1-11-20-21-15(22(11)14-5-3-2-4-6-14)12-7-9-13(10-8-12)16(17,18)19;1-10-18-19-15(11-7-12(16)9-13(17)8-11)20(10)14-5-3-2-4-6-14;1-10-18-19-15(13-8-7-11(16)9-14(13)17)20(10)12-5-3-2-4-6-12;;;;/h3-9H,1-2H3;2-7,9-10H,1H3;2*2-7,9H,1H3;;;;/q4*-1;;;;. The van der Waals surface area contributed by atoms with Crippen LogP contribution >= 0.6 is 0 Å². The Morgan fingerprint density at radius 3 is 1.12 bits per heavy atom. The van der Waals surface area contributed by atoms with E-state index in [1.54, 1.807) is 59.0 Å². The van der Waals surface area contributed by atoms with E-state index in [1.165, 1.54) is 12.1 Å². The first-order chi connectivity index (χ1) is 40.6. The van der Waals surface area contributed by atoms with Crippen molar-refractivity contribution in [3.63, 3.8) is 0 Å². The van der Waals surface area contributed by atoms with Gasteiger partial charge in [-0.3, -0.25) is 8.78 Å². The Kier molecular flexibility index (Phi) is 25.6. The minimum Gasteiger partial charge on any atom is -0.320 e. The molecule has 0 unspecified atom stereocenters. The van der Waals surface area contributed by atoms with Crippen LogP contribution < -0.4 is 0 Å². The Balaban J connectivity index is 0.000000213. The van der Waals surface area contributed by atoms with E-state index in [1.807, 2.05) is 121 Å². The van der Waals surface area contributed by atoms with E-state index in [2.05, 4.69) is 65.1 Å². The van der Waals surface area contributed by atoms with Crippen molar-refractivity contribution in [1.29, 1.82) is 0 Å². The minimum atomic E-state index is -4.45. The van der Waals surface area contributed by atoms with Crippen molar-refractivity contribution in [3.8, 4) is 68.3 Å². The first kappa shape index (κ1) is 72.0. The van der Waals surface area contributed by atoms with Gasteiger partial charge >= 0.3 is 12.4 Å². The molecule has 4 aromatic heterocycles. The molecule has 466 valence electrons. The van der Waals surface area contributed by atoms with Crippen molar-refractivity contribution in [3.05, 3.63) is 263 Å². The van der Waals surface area contributed by atoms with Crippen molar-refractivity contribution in [1.82, 2.24) is 59.1 Å². The number of nitrogens with zero attached hydrogens (tertiary/aromatic N) is 12. The molecule has 0 aliphatic rings. The normalized spacial score (nSPS) is 10.7. The third-order valence-corrected chi connectivity index (χ3v) is 12.4. The molecule has 0 N–H and O–H groups in total. The number of rotatable bonds is 8. The first-order valence-electron chi connectivity index (χ1n) is 25.5. The molecule has 0 aliphatic carbocycles. The molecule has 12 nitrogen and oxygen atoms in total. The number of alkyl halides is 6. The Labute approximate surface area is 558 Å². The zero-order chi connectivity index (χ0) is 60.6. The van der Waals surface area contributed by atoms with Crippen molar-refractivity contribution in [2.75, 3.05) is 0 Å². The largest absolute Gasteiger partial charge is 0.399 e. The van der Waals surface area contributed by atoms with Gasteiger partial charge in [0.2, 0.25) is 0 Å². The Bertz CT molecular complexity index is 4200. The average Bonchev–Trinajstić information content (AvgIpc) is 1.97. The summed E-state index contributed by atoms with van der Waals surface area (Å²) in [5.41, 5.74) is 3.24. The molecular weight excluding hydrogens is 1880 g/mol. The van der Waals surface area contributed by atoms with Crippen LogP contribution in [0.4, 0.5) is 43.9 Å². The van der Waals surface area contributed by atoms with Gasteiger partial charge in [-0.05, 0) is 87.4 Å². The summed E-state index contributed by atoms with van der Waals surface area (Å²) < 4.78 is 137. The fourth-order valence-electron chi connectivity index (χ4n) is 8.65. The zero-order valence-corrected chi connectivity index (χ0v) is 56.3. The van der Waals surface area contributed by atoms with Crippen LogP contribution in [0.15, 0.2) is 176 Å². The van der Waals surface area contributed by atoms with Crippen molar-refractivity contribution >= 4 is 0 Å². The monoisotopic (exact) mass is 1930 g/mol. The van der Waals surface area contributed by atoms with Crippen LogP contribution in [0.1, 0.15) is 40.0 Å². The smallest absolute Gasteiger partial charge is 0.320 e. The van der Waals surface area contributed by atoms with Crippen molar-refractivity contribution in [2.45, 2.75) is 47.0 Å². The van der Waals surface area contributed by atoms with E-state index < -0.39 is 46.7 Å². The summed E-state index contributed by atoms with van der Waals surface area (Å²) in [5, 5.41) is 32.0. The van der Waals surface area contributed by atoms with E-state index in [-0.39, 0.29) is 97.1 Å². The van der Waals surface area contributed by atoms with Crippen LogP contribution in [0.2, 0.25) is 0 Å². The van der Waals surface area contributed by atoms with Crippen LogP contribution in [0.25, 0.3) is 68.3 Å². The molecule has 0 atom stereocenters. The Morgan fingerprint density at radius 2 is 0.753 bits per heavy atom. The van der Waals surface area contributed by atoms with Gasteiger partial charge in [-0.25, -0.2) is 8.78 Å². The molecule has 0 saturated carbocycles. The van der Waals surface area contributed by atoms with Crippen LogP contribution in [0.3, 0.4) is 0 Å². The number of aryl methyl sites for hydroxylation is 5. The van der Waals surface area contributed by atoms with E-state index in [9.17, 15) is 43.9 Å². The molecule has 0 spiro atoms. The van der Waals surface area contributed by atoms with Gasteiger partial charge in [-0.1, -0.05) is 97.4 Å². The number of aromatic nitrogens is 12. The second-order valence-corrected chi connectivity index (χ2v) is 18.5. The van der Waals surface area contributed by atoms with Gasteiger partial charge in [-0.15, -0.1) is 109 Å². The van der Waals surface area contributed by atoms with Crippen molar-refractivity contribution in [2.24, 2.45) is 0 Å². The fourth-order valence-corrected chi connectivity index (χ4v) is 8.65. The molecule has 4 heterocycles. The maximum atomic E-state index is 13.9. The second-order valence-electron chi connectivity index (χ2n) is 18.5. The van der Waals surface area contributed by atoms with Crippen LogP contribution in [0, 0.1) is 82.2 Å². The molecule has 0 amide bonds. The van der Waals surface area contributed by atoms with Crippen LogP contribution in [-0.2, 0) is 92.8 Å². The quantitative estimate of drug-likeness (QED) is 0.109. The van der Waals surface area contributed by atoms with E-state index in [0.29, 0.717) is 57.7 Å². The minimum absolute atomic E-state index is 0. The van der Waals surface area contributed by atoms with Gasteiger partial charge in [0.1, 0.15) is 23.3 Å². The second kappa shape index (κ2) is 31.6. The third-order valence-electron chi connectivity index (χ3n) is 12.4. The molecule has 0 bridgehead atoms. The van der Waals surface area contributed by atoms with Crippen LogP contribution in [-0.4, -0.2) is 59.1 Å². The number of halogens is 10. The maximum absolute atomic E-state index is 13.9. The van der Waals surface area contributed by atoms with Gasteiger partial charge in [0, 0.05) is 126 Å². The van der Waals surface area contributed by atoms with E-state index >= 15 is 0 Å². The van der Waals surface area contributed by atoms with Gasteiger partial charge in [0.15, 0.2) is 0 Å². The van der Waals surface area contributed by atoms with Gasteiger partial charge < -0.3 is 18.3 Å². The van der Waals surface area contributed by atoms with E-state index in [0.717, 1.165) is 59.1 Å². The molecule has 0 fully saturated rings. The molecule has 8 aromatic carbocycles.